The second-order valence-electron chi connectivity index (χ2n) is 6.82. The van der Waals surface area contributed by atoms with E-state index in [4.69, 9.17) is 28.2 Å². The molecule has 4 heteroatoms. The molecule has 1 heterocycles. The Labute approximate surface area is 166 Å². The fourth-order valence-electron chi connectivity index (χ4n) is 3.41. The predicted octanol–water partition coefficient (Wildman–Crippen LogP) is 7.76. The van der Waals surface area contributed by atoms with Crippen LogP contribution in [0.1, 0.15) is 51.9 Å². The Morgan fingerprint density at radius 2 is 1.62 bits per heavy atom. The summed E-state index contributed by atoms with van der Waals surface area (Å²) in [5, 5.41) is 1.29. The average molecular weight is 389 g/mol. The highest BCUT2D eigenvalue weighted by Gasteiger charge is 2.15. The van der Waals surface area contributed by atoms with Crippen molar-refractivity contribution in [3.63, 3.8) is 0 Å². The van der Waals surface area contributed by atoms with Crippen LogP contribution >= 0.6 is 23.2 Å². The lowest BCUT2D eigenvalue weighted by Gasteiger charge is -2.11. The monoisotopic (exact) mass is 388 g/mol. The summed E-state index contributed by atoms with van der Waals surface area (Å²) in [5.41, 5.74) is 3.12. The van der Waals surface area contributed by atoms with Gasteiger partial charge in [0.25, 0.3) is 0 Å². The van der Waals surface area contributed by atoms with E-state index < -0.39 is 0 Å². The molecule has 0 radical (unpaired) electrons. The number of halogens is 2. The van der Waals surface area contributed by atoms with Gasteiger partial charge in [0.2, 0.25) is 0 Å². The molecule has 138 valence electrons. The first-order valence-electron chi connectivity index (χ1n) is 9.61. The summed E-state index contributed by atoms with van der Waals surface area (Å²) in [4.78, 5) is 4.85. The van der Waals surface area contributed by atoms with Crippen LogP contribution in [0.5, 0.6) is 0 Å². The number of aryl methyl sites for hydroxylation is 1. The first kappa shape index (κ1) is 19.3. The molecule has 0 amide bonds. The van der Waals surface area contributed by atoms with Crippen molar-refractivity contribution in [2.75, 3.05) is 0 Å². The summed E-state index contributed by atoms with van der Waals surface area (Å²) in [6.07, 6.45) is 9.07. The van der Waals surface area contributed by atoms with E-state index in [0.717, 1.165) is 29.9 Å². The maximum absolute atomic E-state index is 6.46. The first-order chi connectivity index (χ1) is 12.7. The van der Waals surface area contributed by atoms with Crippen LogP contribution in [-0.2, 0) is 6.54 Å². The highest BCUT2D eigenvalue weighted by atomic mass is 35.5. The van der Waals surface area contributed by atoms with Gasteiger partial charge in [0.1, 0.15) is 5.82 Å². The lowest BCUT2D eigenvalue weighted by atomic mass is 10.1. The normalized spacial score (nSPS) is 11.3. The van der Waals surface area contributed by atoms with Gasteiger partial charge in [-0.3, -0.25) is 0 Å². The van der Waals surface area contributed by atoms with Gasteiger partial charge in [0.15, 0.2) is 0 Å². The minimum Gasteiger partial charge on any atom is -0.324 e. The molecule has 3 rings (SSSR count). The first-order valence-corrected chi connectivity index (χ1v) is 10.4. The largest absolute Gasteiger partial charge is 0.324 e. The quantitative estimate of drug-likeness (QED) is 0.342. The smallest absolute Gasteiger partial charge is 0.142 e. The molecule has 0 unspecified atom stereocenters. The van der Waals surface area contributed by atoms with Gasteiger partial charge in [0.05, 0.1) is 16.1 Å². The molecule has 0 aliphatic rings. The molecular weight excluding hydrogens is 363 g/mol. The van der Waals surface area contributed by atoms with Crippen molar-refractivity contribution in [1.29, 1.82) is 0 Å². The van der Waals surface area contributed by atoms with E-state index in [-0.39, 0.29) is 0 Å². The second kappa shape index (κ2) is 9.43. The number of unbranched alkanes of at least 4 members (excludes halogenated alkanes) is 6. The van der Waals surface area contributed by atoms with E-state index in [1.807, 2.05) is 18.2 Å². The standard InChI is InChI=1S/C22H26Cl2N2/c1-2-3-4-5-6-7-10-15-26-21-12-9-8-11-20(21)25-22(26)18-14-13-17(23)16-19(18)24/h8-9,11-14,16H,2-7,10,15H2,1H3. The van der Waals surface area contributed by atoms with Crippen molar-refractivity contribution in [3.05, 3.63) is 52.5 Å². The van der Waals surface area contributed by atoms with E-state index in [1.165, 1.54) is 44.0 Å². The number of hydrogen-bond donors (Lipinski definition) is 0. The van der Waals surface area contributed by atoms with Crippen LogP contribution in [0.25, 0.3) is 22.4 Å². The molecule has 0 saturated heterocycles. The number of aromatic nitrogens is 2. The maximum atomic E-state index is 6.46. The summed E-state index contributed by atoms with van der Waals surface area (Å²) in [6, 6.07) is 13.9. The zero-order chi connectivity index (χ0) is 18.4. The number of imidazole rings is 1. The Balaban J connectivity index is 1.79. The second-order valence-corrected chi connectivity index (χ2v) is 7.66. The number of hydrogen-bond acceptors (Lipinski definition) is 1. The van der Waals surface area contributed by atoms with Gasteiger partial charge in [-0.25, -0.2) is 4.98 Å². The van der Waals surface area contributed by atoms with Gasteiger partial charge < -0.3 is 4.57 Å². The van der Waals surface area contributed by atoms with Gasteiger partial charge >= 0.3 is 0 Å². The summed E-state index contributed by atoms with van der Waals surface area (Å²) < 4.78 is 2.30. The average Bonchev–Trinajstić information content (AvgIpc) is 2.99. The van der Waals surface area contributed by atoms with Crippen LogP contribution in [0.2, 0.25) is 10.0 Å². The molecule has 1 aromatic heterocycles. The lowest BCUT2D eigenvalue weighted by Crippen LogP contribution is -2.01. The Morgan fingerprint density at radius 1 is 0.885 bits per heavy atom. The molecule has 2 aromatic carbocycles. The molecule has 0 N–H and O–H groups in total. The predicted molar refractivity (Wildman–Crippen MR) is 113 cm³/mol. The van der Waals surface area contributed by atoms with Crippen LogP contribution in [0.15, 0.2) is 42.5 Å². The van der Waals surface area contributed by atoms with E-state index in [9.17, 15) is 0 Å². The third kappa shape index (κ3) is 4.61. The zero-order valence-electron chi connectivity index (χ0n) is 15.3. The van der Waals surface area contributed by atoms with E-state index in [0.29, 0.717) is 10.0 Å². The van der Waals surface area contributed by atoms with Gasteiger partial charge in [0, 0.05) is 17.1 Å². The molecule has 0 spiro atoms. The lowest BCUT2D eigenvalue weighted by molar-refractivity contribution is 0.557. The molecule has 3 aromatic rings. The van der Waals surface area contributed by atoms with Gasteiger partial charge in [-0.05, 0) is 36.8 Å². The van der Waals surface area contributed by atoms with Crippen molar-refractivity contribution in [1.82, 2.24) is 9.55 Å². The van der Waals surface area contributed by atoms with Crippen molar-refractivity contribution < 1.29 is 0 Å². The van der Waals surface area contributed by atoms with E-state index >= 15 is 0 Å². The minimum atomic E-state index is 0.647. The number of benzene rings is 2. The summed E-state index contributed by atoms with van der Waals surface area (Å²) >= 11 is 12.5. The fourth-order valence-corrected chi connectivity index (χ4v) is 3.90. The highest BCUT2D eigenvalue weighted by Crippen LogP contribution is 2.32. The Hall–Kier alpha value is -1.51. The zero-order valence-corrected chi connectivity index (χ0v) is 16.9. The fraction of sp³-hybridized carbons (Fsp3) is 0.409. The number of rotatable bonds is 9. The molecule has 0 aliphatic carbocycles. The number of para-hydroxylation sites is 2. The van der Waals surface area contributed by atoms with Crippen LogP contribution in [-0.4, -0.2) is 9.55 Å². The molecule has 0 saturated carbocycles. The van der Waals surface area contributed by atoms with Crippen LogP contribution in [0, 0.1) is 0 Å². The van der Waals surface area contributed by atoms with Crippen molar-refractivity contribution in [2.24, 2.45) is 0 Å². The molecule has 0 atom stereocenters. The number of fused-ring (bicyclic) bond motifs is 1. The van der Waals surface area contributed by atoms with Crippen LogP contribution in [0.4, 0.5) is 0 Å². The molecule has 0 aliphatic heterocycles. The maximum Gasteiger partial charge on any atom is 0.142 e. The van der Waals surface area contributed by atoms with Gasteiger partial charge in [-0.15, -0.1) is 0 Å². The van der Waals surface area contributed by atoms with Crippen LogP contribution in [0.3, 0.4) is 0 Å². The van der Waals surface area contributed by atoms with Crippen molar-refractivity contribution in [2.45, 2.75) is 58.4 Å². The molecule has 2 nitrogen and oxygen atoms in total. The Bertz CT molecular complexity index is 854. The third-order valence-corrected chi connectivity index (χ3v) is 5.36. The SMILES string of the molecule is CCCCCCCCCn1c(-c2ccc(Cl)cc2Cl)nc2ccccc21. The molecule has 26 heavy (non-hydrogen) atoms. The topological polar surface area (TPSA) is 17.8 Å². The summed E-state index contributed by atoms with van der Waals surface area (Å²) in [7, 11) is 0. The molecule has 0 fully saturated rings. The van der Waals surface area contributed by atoms with Gasteiger partial charge in [-0.1, -0.05) is 80.8 Å². The Kier molecular flexibility index (Phi) is 6.99. The highest BCUT2D eigenvalue weighted by molar-refractivity contribution is 6.36. The third-order valence-electron chi connectivity index (χ3n) is 4.81. The summed E-state index contributed by atoms with van der Waals surface area (Å²) in [5.74, 6) is 0.929. The number of nitrogens with zero attached hydrogens (tertiary/aromatic N) is 2. The van der Waals surface area contributed by atoms with Crippen LogP contribution < -0.4 is 0 Å². The minimum absolute atomic E-state index is 0.647. The molecular formula is C22H26Cl2N2. The van der Waals surface area contributed by atoms with Gasteiger partial charge in [-0.2, -0.15) is 0 Å². The van der Waals surface area contributed by atoms with Crippen molar-refractivity contribution >= 4 is 34.2 Å². The van der Waals surface area contributed by atoms with Crippen molar-refractivity contribution in [3.8, 4) is 11.4 Å². The molecule has 0 bridgehead atoms. The summed E-state index contributed by atoms with van der Waals surface area (Å²) in [6.45, 7) is 3.22. The van der Waals surface area contributed by atoms with E-state index in [2.05, 4.69) is 29.7 Å². The Morgan fingerprint density at radius 3 is 2.38 bits per heavy atom. The van der Waals surface area contributed by atoms with E-state index in [1.54, 1.807) is 6.07 Å².